The van der Waals surface area contributed by atoms with Crippen molar-refractivity contribution in [3.05, 3.63) is 36.4 Å². The molecule has 1 aromatic carbocycles. The molecular weight excluding hydrogens is 323 g/mol. The Hall–Kier alpha value is -1.98. The van der Waals surface area contributed by atoms with Crippen LogP contribution >= 0.6 is 0 Å². The number of anilines is 1. The van der Waals surface area contributed by atoms with Gasteiger partial charge in [-0.15, -0.1) is 0 Å². The zero-order valence-corrected chi connectivity index (χ0v) is 12.3. The Morgan fingerprint density at radius 2 is 1.86 bits per heavy atom. The maximum absolute atomic E-state index is 13.4. The lowest BCUT2D eigenvalue weighted by molar-refractivity contribution is 0.591. The molecule has 1 aromatic heterocycles. The highest BCUT2D eigenvalue weighted by molar-refractivity contribution is 7.92. The van der Waals surface area contributed by atoms with Gasteiger partial charge in [-0.25, -0.2) is 26.4 Å². The minimum atomic E-state index is -4.16. The minimum absolute atomic E-state index is 0.147. The van der Waals surface area contributed by atoms with Crippen molar-refractivity contribution in [3.63, 3.8) is 0 Å². The highest BCUT2D eigenvalue weighted by atomic mass is 32.2. The van der Waals surface area contributed by atoms with Crippen LogP contribution in [0.25, 0.3) is 0 Å². The summed E-state index contributed by atoms with van der Waals surface area (Å²) in [7, 11) is -6.63. The predicted octanol–water partition coefficient (Wildman–Crippen LogP) is 0.00740. The van der Waals surface area contributed by atoms with E-state index in [-0.39, 0.29) is 10.6 Å². The van der Waals surface area contributed by atoms with Gasteiger partial charge in [0, 0.05) is 13.2 Å². The standard InChI is InChI=1S/C10H11FN4O4S2/c1-15-6-10(5-13-15)21(18,19)14-8-2-7(11)3-9(4-8)20(12,16)17/h2-6,14H,1H3,(H2,12,16,17). The Labute approximate surface area is 120 Å². The highest BCUT2D eigenvalue weighted by Crippen LogP contribution is 2.20. The first-order valence-electron chi connectivity index (χ1n) is 5.43. The third-order valence-corrected chi connectivity index (χ3v) is 4.67. The number of rotatable bonds is 4. The molecule has 2 aromatic rings. The Morgan fingerprint density at radius 3 is 2.38 bits per heavy atom. The molecule has 114 valence electrons. The number of nitrogens with two attached hydrogens (primary N) is 1. The van der Waals surface area contributed by atoms with Crippen molar-refractivity contribution in [2.24, 2.45) is 12.2 Å². The fourth-order valence-corrected chi connectivity index (χ4v) is 3.13. The fourth-order valence-electron chi connectivity index (χ4n) is 1.54. The van der Waals surface area contributed by atoms with Gasteiger partial charge in [-0.2, -0.15) is 5.10 Å². The summed E-state index contributed by atoms with van der Waals surface area (Å²) in [6, 6.07) is 2.45. The molecular formula is C10H11FN4O4S2. The number of hydrogen-bond donors (Lipinski definition) is 2. The van der Waals surface area contributed by atoms with Gasteiger partial charge in [-0.1, -0.05) is 0 Å². The topological polar surface area (TPSA) is 124 Å². The zero-order valence-electron chi connectivity index (χ0n) is 10.7. The number of nitrogens with zero attached hydrogens (tertiary/aromatic N) is 2. The summed E-state index contributed by atoms with van der Waals surface area (Å²) in [4.78, 5) is -0.683. The molecule has 0 amide bonds. The molecule has 0 saturated heterocycles. The highest BCUT2D eigenvalue weighted by Gasteiger charge is 2.18. The second-order valence-corrected chi connectivity index (χ2v) is 7.42. The number of sulfonamides is 2. The second kappa shape index (κ2) is 5.09. The SMILES string of the molecule is Cn1cc(S(=O)(=O)Nc2cc(F)cc(S(N)(=O)=O)c2)cn1. The van der Waals surface area contributed by atoms with E-state index in [1.165, 1.54) is 17.9 Å². The van der Waals surface area contributed by atoms with Crippen molar-refractivity contribution < 1.29 is 21.2 Å². The average molecular weight is 334 g/mol. The summed E-state index contributed by atoms with van der Waals surface area (Å²) >= 11 is 0. The van der Waals surface area contributed by atoms with Gasteiger partial charge in [-0.3, -0.25) is 9.40 Å². The molecule has 0 aliphatic rings. The first kappa shape index (κ1) is 15.4. The first-order valence-corrected chi connectivity index (χ1v) is 8.46. The molecule has 0 fully saturated rings. The fraction of sp³-hybridized carbons (Fsp3) is 0.100. The molecule has 0 spiro atoms. The van der Waals surface area contributed by atoms with Gasteiger partial charge in [0.25, 0.3) is 10.0 Å². The molecule has 0 aliphatic carbocycles. The summed E-state index contributed by atoms with van der Waals surface area (Å²) in [6.45, 7) is 0. The molecule has 0 saturated carbocycles. The van der Waals surface area contributed by atoms with E-state index >= 15 is 0 Å². The van der Waals surface area contributed by atoms with E-state index in [0.29, 0.717) is 6.07 Å². The van der Waals surface area contributed by atoms with Gasteiger partial charge < -0.3 is 0 Å². The maximum Gasteiger partial charge on any atom is 0.265 e. The molecule has 0 atom stereocenters. The number of hydrogen-bond acceptors (Lipinski definition) is 5. The summed E-state index contributed by atoms with van der Waals surface area (Å²) in [6.07, 6.45) is 2.34. The molecule has 8 nitrogen and oxygen atoms in total. The van der Waals surface area contributed by atoms with Crippen LogP contribution in [0.2, 0.25) is 0 Å². The van der Waals surface area contributed by atoms with Crippen LogP contribution in [0.3, 0.4) is 0 Å². The lowest BCUT2D eigenvalue weighted by atomic mass is 10.3. The zero-order chi connectivity index (χ0) is 15.8. The summed E-state index contributed by atoms with van der Waals surface area (Å²) in [5.41, 5.74) is -0.261. The number of primary sulfonamides is 1. The Kier molecular flexibility index (Phi) is 3.74. The van der Waals surface area contributed by atoms with E-state index in [1.807, 2.05) is 0 Å². The Bertz CT molecular complexity index is 890. The van der Waals surface area contributed by atoms with E-state index in [2.05, 4.69) is 9.82 Å². The minimum Gasteiger partial charge on any atom is -0.279 e. The molecule has 2 rings (SSSR count). The van der Waals surface area contributed by atoms with Crippen LogP contribution in [0, 0.1) is 5.82 Å². The first-order chi connectivity index (χ1) is 9.58. The smallest absolute Gasteiger partial charge is 0.265 e. The lowest BCUT2D eigenvalue weighted by Crippen LogP contribution is -2.15. The number of benzene rings is 1. The van der Waals surface area contributed by atoms with Crippen molar-refractivity contribution in [2.45, 2.75) is 9.79 Å². The Morgan fingerprint density at radius 1 is 1.19 bits per heavy atom. The normalized spacial score (nSPS) is 12.3. The largest absolute Gasteiger partial charge is 0.279 e. The molecule has 0 aliphatic heterocycles. The quantitative estimate of drug-likeness (QED) is 0.815. The molecule has 21 heavy (non-hydrogen) atoms. The van der Waals surface area contributed by atoms with Gasteiger partial charge in [0.15, 0.2) is 0 Å². The summed E-state index contributed by atoms with van der Waals surface area (Å²) < 4.78 is 63.1. The molecule has 0 bridgehead atoms. The second-order valence-electron chi connectivity index (χ2n) is 4.18. The van der Waals surface area contributed by atoms with Crippen LogP contribution in [0.1, 0.15) is 0 Å². The van der Waals surface area contributed by atoms with E-state index in [0.717, 1.165) is 18.3 Å². The van der Waals surface area contributed by atoms with Crippen molar-refractivity contribution in [3.8, 4) is 0 Å². The third-order valence-electron chi connectivity index (χ3n) is 2.44. The van der Waals surface area contributed by atoms with E-state index < -0.39 is 30.8 Å². The average Bonchev–Trinajstić information content (AvgIpc) is 2.74. The number of aromatic nitrogens is 2. The summed E-state index contributed by atoms with van der Waals surface area (Å²) in [5, 5.41) is 8.59. The third kappa shape index (κ3) is 3.56. The predicted molar refractivity (Wildman–Crippen MR) is 71.8 cm³/mol. The van der Waals surface area contributed by atoms with Crippen molar-refractivity contribution >= 4 is 25.7 Å². The number of nitrogens with one attached hydrogen (secondary N) is 1. The molecule has 1 heterocycles. The van der Waals surface area contributed by atoms with E-state index in [9.17, 15) is 21.2 Å². The molecule has 0 radical (unpaired) electrons. The van der Waals surface area contributed by atoms with Gasteiger partial charge >= 0.3 is 0 Å². The van der Waals surface area contributed by atoms with Crippen LogP contribution in [-0.4, -0.2) is 26.6 Å². The van der Waals surface area contributed by atoms with E-state index in [1.54, 1.807) is 0 Å². The lowest BCUT2D eigenvalue weighted by Gasteiger charge is -2.08. The van der Waals surface area contributed by atoms with Crippen LogP contribution < -0.4 is 9.86 Å². The Balaban J connectivity index is 2.42. The van der Waals surface area contributed by atoms with Crippen molar-refractivity contribution in [2.75, 3.05) is 4.72 Å². The summed E-state index contributed by atoms with van der Waals surface area (Å²) in [5.74, 6) is -0.939. The van der Waals surface area contributed by atoms with Crippen LogP contribution in [0.5, 0.6) is 0 Å². The van der Waals surface area contributed by atoms with Crippen molar-refractivity contribution in [1.29, 1.82) is 0 Å². The van der Waals surface area contributed by atoms with Gasteiger partial charge in [-0.05, 0) is 18.2 Å². The van der Waals surface area contributed by atoms with Gasteiger partial charge in [0.05, 0.1) is 16.8 Å². The molecule has 11 heteroatoms. The number of halogens is 1. The maximum atomic E-state index is 13.4. The van der Waals surface area contributed by atoms with Crippen LogP contribution in [-0.2, 0) is 27.1 Å². The number of aryl methyl sites for hydroxylation is 1. The van der Waals surface area contributed by atoms with E-state index in [4.69, 9.17) is 5.14 Å². The monoisotopic (exact) mass is 334 g/mol. The van der Waals surface area contributed by atoms with Gasteiger partial charge in [0.1, 0.15) is 10.7 Å². The van der Waals surface area contributed by atoms with Gasteiger partial charge in [0.2, 0.25) is 10.0 Å². The molecule has 3 N–H and O–H groups in total. The molecule has 0 unspecified atom stereocenters. The van der Waals surface area contributed by atoms with Crippen molar-refractivity contribution in [1.82, 2.24) is 9.78 Å². The van der Waals surface area contributed by atoms with Crippen LogP contribution in [0.4, 0.5) is 10.1 Å². The van der Waals surface area contributed by atoms with Crippen LogP contribution in [0.15, 0.2) is 40.4 Å².